The fraction of sp³-hybridized carbons (Fsp3) is 0.125. The zero-order valence-corrected chi connectivity index (χ0v) is 32.1. The minimum absolute atomic E-state index is 0. The number of nitriles is 1. The van der Waals surface area contributed by atoms with Crippen LogP contribution in [0.3, 0.4) is 0 Å². The molecule has 0 saturated carbocycles. The fourth-order valence-electron chi connectivity index (χ4n) is 1.91. The first-order valence-electron chi connectivity index (χ1n) is 9.30. The average Bonchev–Trinajstić information content (AvgIpc) is 2.79. The van der Waals surface area contributed by atoms with Crippen LogP contribution in [0.15, 0.2) is 36.4 Å². The molecule has 3 rings (SSSR count). The van der Waals surface area contributed by atoms with Crippen molar-refractivity contribution in [3.8, 4) is 6.07 Å². The Morgan fingerprint density at radius 2 is 1.15 bits per heavy atom. The van der Waals surface area contributed by atoms with Crippen LogP contribution in [0.4, 0.5) is 13.2 Å². The van der Waals surface area contributed by atoms with Crippen LogP contribution in [-0.2, 0) is 107 Å². The maximum atomic E-state index is 12.7. The monoisotopic (exact) mass is 843 g/mol. The number of rotatable bonds is 2. The second-order valence-electron chi connectivity index (χ2n) is 6.51. The summed E-state index contributed by atoms with van der Waals surface area (Å²) < 4.78 is 47.0. The molecule has 3 aromatic carbocycles. The van der Waals surface area contributed by atoms with Gasteiger partial charge in [-0.1, -0.05) is 60.2 Å². The fourth-order valence-corrected chi connectivity index (χ4v) is 2.02. The number of benzene rings is 3. The molecule has 0 aliphatic heterocycles. The van der Waals surface area contributed by atoms with E-state index in [0.717, 1.165) is 12.1 Å². The molecule has 0 atom stereocenters. The van der Waals surface area contributed by atoms with Crippen LogP contribution in [0, 0.1) is 67.8 Å². The summed E-state index contributed by atoms with van der Waals surface area (Å²) in [5.74, 6) is -2.46. The summed E-state index contributed by atoms with van der Waals surface area (Å²) in [5.41, 5.74) is 1.52. The Labute approximate surface area is 316 Å². The number of nitrogens with zero attached hydrogens (tertiary/aromatic N) is 1. The van der Waals surface area contributed by atoms with Gasteiger partial charge in [-0.05, 0) is 6.07 Å². The van der Waals surface area contributed by atoms with Gasteiger partial charge in [0.1, 0.15) is 0 Å². The third-order valence-corrected chi connectivity index (χ3v) is 4.04. The van der Waals surface area contributed by atoms with E-state index in [1.165, 1.54) is 24.3 Å². The van der Waals surface area contributed by atoms with Gasteiger partial charge in [0.25, 0.3) is 0 Å². The van der Waals surface area contributed by atoms with Crippen molar-refractivity contribution in [1.82, 2.24) is 0 Å². The number of halogens is 6. The van der Waals surface area contributed by atoms with Crippen LogP contribution in [0.5, 0.6) is 0 Å². The molecule has 201 valence electrons. The number of aromatic carboxylic acids is 1. The molecule has 0 unspecified atom stereocenters. The van der Waals surface area contributed by atoms with E-state index in [4.69, 9.17) is 26.2 Å². The molecule has 0 aliphatic carbocycles. The first-order valence-corrected chi connectivity index (χ1v) is 12.5. The van der Waals surface area contributed by atoms with Gasteiger partial charge in [0.15, 0.2) is 5.24 Å². The van der Waals surface area contributed by atoms with Gasteiger partial charge >= 0.3 is 0 Å². The van der Waals surface area contributed by atoms with E-state index in [9.17, 15) is 22.8 Å². The van der Waals surface area contributed by atoms with Crippen molar-refractivity contribution in [2.24, 2.45) is 0 Å². The van der Waals surface area contributed by atoms with Gasteiger partial charge in [0.05, 0.1) is 0 Å². The van der Waals surface area contributed by atoms with Crippen LogP contribution in [0.25, 0.3) is 0 Å². The Balaban J connectivity index is -0.000000213. The summed E-state index contributed by atoms with van der Waals surface area (Å²) in [6, 6.07) is 16.8. The Hall–Kier alpha value is 0.412. The molecule has 0 fully saturated rings. The summed E-state index contributed by atoms with van der Waals surface area (Å²) in [5, 5.41) is 16.0. The summed E-state index contributed by atoms with van der Waals surface area (Å²) in [4.78, 5) is 20.7. The molecule has 1 N–H and O–H groups in total. The largest absolute Gasteiger partial charge is 0.521 e. The van der Waals surface area contributed by atoms with E-state index in [2.05, 4.69) is 39.6 Å². The molecule has 0 spiro atoms. The normalized spacial score (nSPS) is 8.64. The van der Waals surface area contributed by atoms with Crippen molar-refractivity contribution in [3.05, 3.63) is 105 Å². The molecule has 0 aromatic heterocycles. The van der Waals surface area contributed by atoms with Crippen LogP contribution in [0.1, 0.15) is 43.0 Å². The number of carbonyl (C=O) groups excluding carboxylic acids is 1. The molecule has 39 heavy (non-hydrogen) atoms. The Kier molecular flexibility index (Phi) is 29.7. The SMILES string of the molecule is Cc1c[c-]c(C#N)cc1F.Cc1c[c-]c(C(=O)Cl)cc1F.Cc1c[c-]c(C(=O)O)cc1F.O=S(Cl)Cl.[Y].[Y].[Y]. The molecule has 0 saturated heterocycles. The van der Waals surface area contributed by atoms with Gasteiger partial charge in [-0.3, -0.25) is 5.26 Å². The number of hydrogen-bond acceptors (Lipinski definition) is 4. The Morgan fingerprint density at radius 1 is 0.821 bits per heavy atom. The van der Waals surface area contributed by atoms with Gasteiger partial charge in [-0.25, -0.2) is 17.4 Å². The second-order valence-corrected chi connectivity index (χ2v) is 9.38. The average molecular weight is 845 g/mol. The van der Waals surface area contributed by atoms with E-state index in [0.29, 0.717) is 16.7 Å². The van der Waals surface area contributed by atoms with Crippen LogP contribution in [-0.4, -0.2) is 20.5 Å². The molecular weight excluding hydrogens is 828 g/mol. The Morgan fingerprint density at radius 3 is 1.46 bits per heavy atom. The first kappa shape index (κ1) is 46.4. The Bertz CT molecular complexity index is 1230. The van der Waals surface area contributed by atoms with E-state index in [1.807, 2.05) is 0 Å². The number of carboxylic acids is 1. The number of carbonyl (C=O) groups is 2. The molecule has 3 radical (unpaired) electrons. The van der Waals surface area contributed by atoms with Gasteiger partial charge < -0.3 is 14.7 Å². The van der Waals surface area contributed by atoms with Crippen molar-refractivity contribution in [3.63, 3.8) is 0 Å². The van der Waals surface area contributed by atoms with Gasteiger partial charge in [0.2, 0.25) is 15.2 Å². The molecule has 0 amide bonds. The van der Waals surface area contributed by atoms with E-state index in [-0.39, 0.29) is 121 Å². The standard InChI is InChI=1S/C8H5ClFO.C8H5FN.C8H6FO2.Cl2OS.3Y/c1-5-2-3-6(8(9)11)4-7(5)10;1-6-2-3-7(5-10)4-8(6)9;1-5-2-3-6(8(10)11)4-7(5)9;1-4(2)3;;;/h2,4H,1H3;2,4H,1H3;2,4H,1H3,(H,10,11);;;;/q3*-1;;;;. The smallest absolute Gasteiger partial charge is 0.247 e. The van der Waals surface area contributed by atoms with Crippen molar-refractivity contribution < 1.29 is 130 Å². The van der Waals surface area contributed by atoms with E-state index < -0.39 is 32.1 Å². The topological polar surface area (TPSA) is 95.2 Å². The molecule has 15 heteroatoms. The minimum Gasteiger partial charge on any atom is -0.521 e. The van der Waals surface area contributed by atoms with Crippen molar-refractivity contribution in [2.75, 3.05) is 0 Å². The van der Waals surface area contributed by atoms with E-state index >= 15 is 0 Å². The molecule has 0 aliphatic rings. The third kappa shape index (κ3) is 20.9. The predicted octanol–water partition coefficient (Wildman–Crippen LogP) is 6.79. The van der Waals surface area contributed by atoms with Crippen molar-refractivity contribution in [1.29, 1.82) is 5.26 Å². The maximum Gasteiger partial charge on any atom is 0.247 e. The predicted molar refractivity (Wildman–Crippen MR) is 132 cm³/mol. The first-order chi connectivity index (χ1) is 16.7. The summed E-state index contributed by atoms with van der Waals surface area (Å²) in [7, 11) is 7.36. The zero-order chi connectivity index (χ0) is 28.0. The molecular formula is C24H16Cl3F3NO4SY3-3. The number of hydrogen-bond donors (Lipinski definition) is 1. The summed E-state index contributed by atoms with van der Waals surface area (Å²) in [6.45, 7) is 4.78. The van der Waals surface area contributed by atoms with Crippen LogP contribution >= 0.6 is 33.0 Å². The van der Waals surface area contributed by atoms with Crippen LogP contribution in [0.2, 0.25) is 0 Å². The second kappa shape index (κ2) is 25.0. The van der Waals surface area contributed by atoms with Crippen LogP contribution < -0.4 is 0 Å². The molecule has 5 nitrogen and oxygen atoms in total. The molecule has 0 heterocycles. The summed E-state index contributed by atoms with van der Waals surface area (Å²) in [6.07, 6.45) is 0. The summed E-state index contributed by atoms with van der Waals surface area (Å²) >= 11 is 5.09. The number of aryl methyl sites for hydroxylation is 3. The van der Waals surface area contributed by atoms with E-state index in [1.54, 1.807) is 26.8 Å². The third-order valence-electron chi connectivity index (χ3n) is 3.84. The molecule has 0 bridgehead atoms. The minimum atomic E-state index is -1.67. The number of carboxylic acid groups (broad SMARTS) is 1. The van der Waals surface area contributed by atoms with Crippen molar-refractivity contribution >= 4 is 53.4 Å². The molecule has 3 aromatic rings. The van der Waals surface area contributed by atoms with Gasteiger partial charge in [-0.15, -0.1) is 60.1 Å². The van der Waals surface area contributed by atoms with Gasteiger partial charge in [0, 0.05) is 137 Å². The van der Waals surface area contributed by atoms with Crippen molar-refractivity contribution in [2.45, 2.75) is 20.8 Å². The maximum absolute atomic E-state index is 12.7. The quantitative estimate of drug-likeness (QED) is 0.227. The zero-order valence-electron chi connectivity index (χ0n) is 20.5. The van der Waals surface area contributed by atoms with Gasteiger partial charge in [-0.2, -0.15) is 0 Å².